The lowest BCUT2D eigenvalue weighted by Gasteiger charge is -2.37. The molecule has 0 unspecified atom stereocenters. The number of hydrogen-bond acceptors (Lipinski definition) is 3. The van der Waals surface area contributed by atoms with Crippen molar-refractivity contribution >= 4 is 0 Å². The summed E-state index contributed by atoms with van der Waals surface area (Å²) in [7, 11) is 0. The minimum absolute atomic E-state index is 0.418. The molecule has 0 aromatic carbocycles. The molecule has 2 heterocycles. The van der Waals surface area contributed by atoms with Gasteiger partial charge in [-0.3, -0.25) is 0 Å². The summed E-state index contributed by atoms with van der Waals surface area (Å²) in [6, 6.07) is 0. The first-order chi connectivity index (χ1) is 5.91. The Hall–Kier alpha value is -0.120. The summed E-state index contributed by atoms with van der Waals surface area (Å²) in [5.74, 6) is 0. The molecule has 70 valence electrons. The number of nitrogens with one attached hydrogen (secondary N) is 3. The molecule has 1 spiro atoms. The van der Waals surface area contributed by atoms with Crippen LogP contribution in [0.1, 0.15) is 19.3 Å². The quantitative estimate of drug-likeness (QED) is 0.465. The number of hydrogen-bond donors (Lipinski definition) is 3. The van der Waals surface area contributed by atoms with Gasteiger partial charge in [0.1, 0.15) is 0 Å². The molecule has 12 heavy (non-hydrogen) atoms. The lowest BCUT2D eigenvalue weighted by Crippen LogP contribution is -2.56. The van der Waals surface area contributed by atoms with E-state index < -0.39 is 0 Å². The molecule has 3 nitrogen and oxygen atoms in total. The summed E-state index contributed by atoms with van der Waals surface area (Å²) < 4.78 is 0. The molecule has 0 radical (unpaired) electrons. The van der Waals surface area contributed by atoms with Crippen LogP contribution < -0.4 is 16.0 Å². The second-order valence-electron chi connectivity index (χ2n) is 3.99. The van der Waals surface area contributed by atoms with E-state index in [1.165, 1.54) is 45.4 Å². The Kier molecular flexibility index (Phi) is 2.63. The van der Waals surface area contributed by atoms with E-state index in [-0.39, 0.29) is 0 Å². The van der Waals surface area contributed by atoms with E-state index in [0.717, 1.165) is 6.54 Å². The van der Waals surface area contributed by atoms with Crippen molar-refractivity contribution in [3.8, 4) is 0 Å². The average molecular weight is 169 g/mol. The highest BCUT2D eigenvalue weighted by molar-refractivity contribution is 4.95. The van der Waals surface area contributed by atoms with E-state index in [2.05, 4.69) is 16.0 Å². The van der Waals surface area contributed by atoms with Gasteiger partial charge in [0.15, 0.2) is 0 Å². The Morgan fingerprint density at radius 1 is 0.833 bits per heavy atom. The van der Waals surface area contributed by atoms with E-state index in [1.54, 1.807) is 0 Å². The Morgan fingerprint density at radius 3 is 2.50 bits per heavy atom. The van der Waals surface area contributed by atoms with Crippen LogP contribution in [-0.2, 0) is 0 Å². The molecule has 0 aliphatic carbocycles. The molecule has 0 bridgehead atoms. The Labute approximate surface area is 74.3 Å². The van der Waals surface area contributed by atoms with Crippen LogP contribution >= 0.6 is 0 Å². The molecule has 0 aromatic rings. The monoisotopic (exact) mass is 169 g/mol. The maximum absolute atomic E-state index is 3.69. The van der Waals surface area contributed by atoms with Crippen LogP contribution in [0.3, 0.4) is 0 Å². The molecule has 2 fully saturated rings. The normalized spacial score (nSPS) is 30.0. The van der Waals surface area contributed by atoms with Crippen molar-refractivity contribution in [2.75, 3.05) is 32.7 Å². The van der Waals surface area contributed by atoms with Crippen LogP contribution in [0, 0.1) is 0 Å². The van der Waals surface area contributed by atoms with Gasteiger partial charge < -0.3 is 16.0 Å². The lowest BCUT2D eigenvalue weighted by atomic mass is 9.88. The fraction of sp³-hybridized carbons (Fsp3) is 1.00. The van der Waals surface area contributed by atoms with E-state index in [1.807, 2.05) is 0 Å². The first kappa shape index (κ1) is 8.48. The fourth-order valence-electron chi connectivity index (χ4n) is 2.22. The van der Waals surface area contributed by atoms with Gasteiger partial charge in [0.2, 0.25) is 0 Å². The molecule has 2 aliphatic heterocycles. The predicted molar refractivity (Wildman–Crippen MR) is 50.3 cm³/mol. The number of piperidine rings is 1. The molecule has 2 saturated heterocycles. The largest absolute Gasteiger partial charge is 0.317 e. The first-order valence-corrected chi connectivity index (χ1v) is 5.08. The zero-order chi connectivity index (χ0) is 8.28. The van der Waals surface area contributed by atoms with Crippen LogP contribution in [0.25, 0.3) is 0 Å². The Bertz CT molecular complexity index is 131. The second kappa shape index (κ2) is 3.73. The van der Waals surface area contributed by atoms with E-state index >= 15 is 0 Å². The zero-order valence-electron chi connectivity index (χ0n) is 7.66. The van der Waals surface area contributed by atoms with E-state index in [0.29, 0.717) is 5.54 Å². The van der Waals surface area contributed by atoms with Crippen LogP contribution in [0.2, 0.25) is 0 Å². The smallest absolute Gasteiger partial charge is 0.0330 e. The number of rotatable bonds is 0. The SMILES string of the molecule is C1CNCC2(CCNCC2)NC1. The summed E-state index contributed by atoms with van der Waals surface area (Å²) in [5.41, 5.74) is 0.418. The summed E-state index contributed by atoms with van der Waals surface area (Å²) in [5, 5.41) is 10.6. The van der Waals surface area contributed by atoms with Gasteiger partial charge in [-0.15, -0.1) is 0 Å². The van der Waals surface area contributed by atoms with Gasteiger partial charge in [0, 0.05) is 12.1 Å². The first-order valence-electron chi connectivity index (χ1n) is 5.08. The molecule has 2 rings (SSSR count). The van der Waals surface area contributed by atoms with Crippen molar-refractivity contribution in [1.82, 2.24) is 16.0 Å². The summed E-state index contributed by atoms with van der Waals surface area (Å²) >= 11 is 0. The summed E-state index contributed by atoms with van der Waals surface area (Å²) in [6.07, 6.45) is 3.83. The third-order valence-electron chi connectivity index (χ3n) is 3.05. The van der Waals surface area contributed by atoms with Crippen molar-refractivity contribution in [3.05, 3.63) is 0 Å². The third-order valence-corrected chi connectivity index (χ3v) is 3.05. The zero-order valence-corrected chi connectivity index (χ0v) is 7.66. The highest BCUT2D eigenvalue weighted by Gasteiger charge is 2.31. The van der Waals surface area contributed by atoms with Gasteiger partial charge in [0.25, 0.3) is 0 Å². The second-order valence-corrected chi connectivity index (χ2v) is 3.99. The van der Waals surface area contributed by atoms with Gasteiger partial charge in [-0.2, -0.15) is 0 Å². The van der Waals surface area contributed by atoms with Gasteiger partial charge in [-0.1, -0.05) is 0 Å². The molecule has 0 aromatic heterocycles. The molecule has 3 heteroatoms. The predicted octanol–water partition coefficient (Wildman–Crippen LogP) is -0.308. The van der Waals surface area contributed by atoms with Crippen molar-refractivity contribution in [1.29, 1.82) is 0 Å². The maximum Gasteiger partial charge on any atom is 0.0330 e. The molecule has 0 amide bonds. The van der Waals surface area contributed by atoms with Crippen molar-refractivity contribution in [2.45, 2.75) is 24.8 Å². The van der Waals surface area contributed by atoms with Crippen molar-refractivity contribution < 1.29 is 0 Å². The topological polar surface area (TPSA) is 36.1 Å². The van der Waals surface area contributed by atoms with Gasteiger partial charge in [0.05, 0.1) is 0 Å². The van der Waals surface area contributed by atoms with Crippen LogP contribution in [-0.4, -0.2) is 38.3 Å². The van der Waals surface area contributed by atoms with Crippen molar-refractivity contribution in [2.24, 2.45) is 0 Å². The van der Waals surface area contributed by atoms with Crippen LogP contribution in [0.4, 0.5) is 0 Å². The van der Waals surface area contributed by atoms with Crippen molar-refractivity contribution in [3.63, 3.8) is 0 Å². The van der Waals surface area contributed by atoms with Crippen LogP contribution in [0.5, 0.6) is 0 Å². The fourth-order valence-corrected chi connectivity index (χ4v) is 2.22. The molecule has 3 N–H and O–H groups in total. The highest BCUT2D eigenvalue weighted by Crippen LogP contribution is 2.18. The summed E-state index contributed by atoms with van der Waals surface area (Å²) in [4.78, 5) is 0. The molecule has 0 atom stereocenters. The average Bonchev–Trinajstić information content (AvgIpc) is 2.33. The van der Waals surface area contributed by atoms with Crippen LogP contribution in [0.15, 0.2) is 0 Å². The molecule has 2 aliphatic rings. The van der Waals surface area contributed by atoms with Gasteiger partial charge >= 0.3 is 0 Å². The van der Waals surface area contributed by atoms with Gasteiger partial charge in [-0.05, 0) is 45.4 Å². The molecule has 0 saturated carbocycles. The van der Waals surface area contributed by atoms with E-state index in [4.69, 9.17) is 0 Å². The standard InChI is InChI=1S/C9H19N3/c1-4-11-8-9(12-5-1)2-6-10-7-3-9/h10-12H,1-8H2. The minimum Gasteiger partial charge on any atom is -0.317 e. The van der Waals surface area contributed by atoms with Gasteiger partial charge in [-0.25, -0.2) is 0 Å². The molecular weight excluding hydrogens is 150 g/mol. The molecular formula is C9H19N3. The Morgan fingerprint density at radius 2 is 1.67 bits per heavy atom. The summed E-state index contributed by atoms with van der Waals surface area (Å²) in [6.45, 7) is 5.88. The van der Waals surface area contributed by atoms with E-state index in [9.17, 15) is 0 Å². The highest BCUT2D eigenvalue weighted by atomic mass is 15.1. The lowest BCUT2D eigenvalue weighted by molar-refractivity contribution is 0.250. The minimum atomic E-state index is 0.418. The Balaban J connectivity index is 1.95. The maximum atomic E-state index is 3.69. The third kappa shape index (κ3) is 1.79.